The number of rotatable bonds is 5. The van der Waals surface area contributed by atoms with Crippen molar-refractivity contribution in [1.82, 2.24) is 0 Å². The van der Waals surface area contributed by atoms with Gasteiger partial charge in [0.05, 0.1) is 11.5 Å². The largest absolute Gasteiger partial charge is 0.342 e. The van der Waals surface area contributed by atoms with Gasteiger partial charge in [0.1, 0.15) is 24.4 Å². The van der Waals surface area contributed by atoms with Crippen molar-refractivity contribution in [2.24, 2.45) is 0 Å². The Morgan fingerprint density at radius 3 is 2.19 bits per heavy atom. The third kappa shape index (κ3) is 4.77. The van der Waals surface area contributed by atoms with E-state index in [0.717, 1.165) is 0 Å². The lowest BCUT2D eigenvalue weighted by Gasteiger charge is -2.36. The molecule has 10 nitrogen and oxygen atoms in total. The van der Waals surface area contributed by atoms with Crippen molar-refractivity contribution < 1.29 is 41.1 Å². The second-order valence-corrected chi connectivity index (χ2v) is 10.3. The molecule has 1 amide bonds. The van der Waals surface area contributed by atoms with Crippen LogP contribution in [0.4, 0.5) is 5.69 Å². The van der Waals surface area contributed by atoms with Crippen LogP contribution in [-0.2, 0) is 42.8 Å². The van der Waals surface area contributed by atoms with Crippen LogP contribution < -0.4 is 5.32 Å². The number of carbonyl (C=O) groups is 1. The molecule has 31 heavy (non-hydrogen) atoms. The highest BCUT2D eigenvalue weighted by Gasteiger charge is 2.60. The molecule has 3 fully saturated rings. The Balaban J connectivity index is 1.47. The first-order chi connectivity index (χ1) is 14.4. The Hall–Kier alpha value is -1.60. The molecule has 0 unspecified atom stereocenters. The van der Waals surface area contributed by atoms with Gasteiger partial charge in [-0.2, -0.15) is 8.42 Å². The van der Waals surface area contributed by atoms with Crippen molar-refractivity contribution in [2.75, 3.05) is 11.9 Å². The van der Waals surface area contributed by atoms with Crippen LogP contribution in [0.2, 0.25) is 0 Å². The number of hydrogen-bond acceptors (Lipinski definition) is 9. The lowest BCUT2D eigenvalue weighted by atomic mass is 9.99. The second-order valence-electron chi connectivity index (χ2n) is 8.65. The predicted octanol–water partition coefficient (Wildman–Crippen LogP) is 1.75. The number of amides is 1. The molecule has 3 saturated heterocycles. The fourth-order valence-corrected chi connectivity index (χ4v) is 4.88. The Kier molecular flexibility index (Phi) is 5.66. The van der Waals surface area contributed by atoms with Gasteiger partial charge < -0.3 is 29.0 Å². The molecule has 1 N–H and O–H groups in total. The Labute approximate surface area is 181 Å². The standard InChI is InChI=1S/C20H27NO9S/c1-11(22)21-12-6-8-13(9-7-12)31(23,24)25-10-14-15-16(28-19(2,3)27-15)17-18(26-14)30-20(4,5)29-17/h6-9,14-18H,10H2,1-5H3,(H,21,22)/t14-,15+,16+,17-,18-/m1/s1. The van der Waals surface area contributed by atoms with Crippen molar-refractivity contribution in [1.29, 1.82) is 0 Å². The van der Waals surface area contributed by atoms with E-state index in [0.29, 0.717) is 5.69 Å². The van der Waals surface area contributed by atoms with Gasteiger partial charge >= 0.3 is 0 Å². The summed E-state index contributed by atoms with van der Waals surface area (Å²) in [5.41, 5.74) is 0.482. The van der Waals surface area contributed by atoms with E-state index in [1.165, 1.54) is 31.2 Å². The summed E-state index contributed by atoms with van der Waals surface area (Å²) in [4.78, 5) is 11.1. The normalized spacial score (nSPS) is 33.5. The topological polar surface area (TPSA) is 119 Å². The minimum atomic E-state index is -4.07. The van der Waals surface area contributed by atoms with Crippen LogP contribution >= 0.6 is 0 Å². The lowest BCUT2D eigenvalue weighted by molar-refractivity contribution is -0.238. The molecule has 0 saturated carbocycles. The van der Waals surface area contributed by atoms with Gasteiger partial charge in [-0.1, -0.05) is 0 Å². The van der Waals surface area contributed by atoms with E-state index in [1.807, 2.05) is 0 Å². The van der Waals surface area contributed by atoms with Crippen molar-refractivity contribution >= 4 is 21.7 Å². The summed E-state index contributed by atoms with van der Waals surface area (Å²) in [5, 5.41) is 2.58. The van der Waals surface area contributed by atoms with Crippen molar-refractivity contribution in [2.45, 2.75) is 81.8 Å². The molecular formula is C20H27NO9S. The number of hydrogen-bond donors (Lipinski definition) is 1. The van der Waals surface area contributed by atoms with Gasteiger partial charge in [0, 0.05) is 12.6 Å². The van der Waals surface area contributed by atoms with Gasteiger partial charge in [0.15, 0.2) is 17.9 Å². The zero-order valence-electron chi connectivity index (χ0n) is 18.0. The predicted molar refractivity (Wildman–Crippen MR) is 106 cm³/mol. The number of benzene rings is 1. The van der Waals surface area contributed by atoms with Gasteiger partial charge in [-0.15, -0.1) is 0 Å². The molecule has 5 atom stereocenters. The lowest BCUT2D eigenvalue weighted by Crippen LogP contribution is -2.56. The second kappa shape index (κ2) is 7.77. The molecule has 0 bridgehead atoms. The van der Waals surface area contributed by atoms with E-state index in [2.05, 4.69) is 5.32 Å². The summed E-state index contributed by atoms with van der Waals surface area (Å²) in [6.45, 7) is 8.16. The number of anilines is 1. The molecule has 11 heteroatoms. The quantitative estimate of drug-likeness (QED) is 0.660. The maximum Gasteiger partial charge on any atom is 0.297 e. The summed E-state index contributed by atoms with van der Waals surface area (Å²) in [6.07, 6.45) is -3.08. The van der Waals surface area contributed by atoms with Crippen LogP contribution in [-0.4, -0.2) is 63.2 Å². The summed E-state index contributed by atoms with van der Waals surface area (Å²) in [7, 11) is -4.07. The summed E-state index contributed by atoms with van der Waals surface area (Å²) < 4.78 is 60.3. The summed E-state index contributed by atoms with van der Waals surface area (Å²) >= 11 is 0. The monoisotopic (exact) mass is 457 g/mol. The van der Waals surface area contributed by atoms with Crippen molar-refractivity contribution in [3.63, 3.8) is 0 Å². The minimum absolute atomic E-state index is 0.0441. The Morgan fingerprint density at radius 2 is 1.55 bits per heavy atom. The molecule has 1 aromatic carbocycles. The first-order valence-corrected chi connectivity index (χ1v) is 11.4. The number of ether oxygens (including phenoxy) is 5. The van der Waals surface area contributed by atoms with Crippen LogP contribution in [0.15, 0.2) is 29.2 Å². The van der Waals surface area contributed by atoms with Gasteiger partial charge in [0.2, 0.25) is 5.91 Å². The smallest absolute Gasteiger partial charge is 0.297 e. The molecular weight excluding hydrogens is 430 g/mol. The van der Waals surface area contributed by atoms with E-state index in [9.17, 15) is 13.2 Å². The van der Waals surface area contributed by atoms with Gasteiger partial charge in [-0.05, 0) is 52.0 Å². The molecule has 0 aliphatic carbocycles. The fraction of sp³-hybridized carbons (Fsp3) is 0.650. The molecule has 0 radical (unpaired) electrons. The van der Waals surface area contributed by atoms with E-state index >= 15 is 0 Å². The SMILES string of the molecule is CC(=O)Nc1ccc(S(=O)(=O)OC[C@H]2O[C@@H]3OC(C)(C)O[C@@H]3[C@H]3OC(C)(C)O[C@H]32)cc1. The van der Waals surface area contributed by atoms with Crippen LogP contribution in [0.1, 0.15) is 34.6 Å². The molecule has 0 aromatic heterocycles. The first kappa shape index (κ1) is 22.6. The first-order valence-electron chi connectivity index (χ1n) is 9.99. The molecule has 172 valence electrons. The van der Waals surface area contributed by atoms with Crippen molar-refractivity contribution in [3.05, 3.63) is 24.3 Å². The molecule has 3 aliphatic heterocycles. The van der Waals surface area contributed by atoms with E-state index in [1.54, 1.807) is 27.7 Å². The zero-order valence-corrected chi connectivity index (χ0v) is 18.8. The van der Waals surface area contributed by atoms with Crippen LogP contribution in [0, 0.1) is 0 Å². The fourth-order valence-electron chi connectivity index (χ4n) is 3.96. The van der Waals surface area contributed by atoms with Crippen LogP contribution in [0.25, 0.3) is 0 Å². The van der Waals surface area contributed by atoms with E-state index < -0.39 is 52.4 Å². The average Bonchev–Trinajstić information content (AvgIpc) is 3.13. The van der Waals surface area contributed by atoms with Crippen LogP contribution in [0.5, 0.6) is 0 Å². The highest BCUT2D eigenvalue weighted by Crippen LogP contribution is 2.44. The van der Waals surface area contributed by atoms with E-state index in [4.69, 9.17) is 27.9 Å². The summed E-state index contributed by atoms with van der Waals surface area (Å²) in [6, 6.07) is 5.68. The summed E-state index contributed by atoms with van der Waals surface area (Å²) in [5.74, 6) is -2.01. The highest BCUT2D eigenvalue weighted by molar-refractivity contribution is 7.86. The number of nitrogens with one attached hydrogen (secondary N) is 1. The van der Waals surface area contributed by atoms with Crippen molar-refractivity contribution in [3.8, 4) is 0 Å². The van der Waals surface area contributed by atoms with E-state index in [-0.39, 0.29) is 17.4 Å². The molecule has 3 aliphatic rings. The molecule has 4 rings (SSSR count). The zero-order chi connectivity index (χ0) is 22.6. The minimum Gasteiger partial charge on any atom is -0.342 e. The number of carbonyl (C=O) groups excluding carboxylic acids is 1. The van der Waals surface area contributed by atoms with Gasteiger partial charge in [-0.25, -0.2) is 0 Å². The molecule has 0 spiro atoms. The maximum atomic E-state index is 12.7. The van der Waals surface area contributed by atoms with Crippen LogP contribution in [0.3, 0.4) is 0 Å². The van der Waals surface area contributed by atoms with Gasteiger partial charge in [0.25, 0.3) is 10.1 Å². The van der Waals surface area contributed by atoms with Gasteiger partial charge in [-0.3, -0.25) is 8.98 Å². The highest BCUT2D eigenvalue weighted by atomic mass is 32.2. The average molecular weight is 458 g/mol. The molecule has 3 heterocycles. The number of fused-ring (bicyclic) bond motifs is 3. The third-order valence-electron chi connectivity index (χ3n) is 5.10. The Morgan fingerprint density at radius 1 is 0.968 bits per heavy atom. The molecule has 1 aromatic rings. The Bertz CT molecular complexity index is 944. The maximum absolute atomic E-state index is 12.7. The third-order valence-corrected chi connectivity index (χ3v) is 6.40.